The molecule has 1 aromatic carbocycles. The maximum absolute atomic E-state index is 13.0. The molecule has 1 amide bonds. The highest BCUT2D eigenvalue weighted by atomic mass is 19.2. The topological polar surface area (TPSA) is 46.9 Å². The van der Waals surface area contributed by atoms with Gasteiger partial charge in [0.05, 0.1) is 6.33 Å². The lowest BCUT2D eigenvalue weighted by molar-refractivity contribution is -0.116. The second kappa shape index (κ2) is 5.60. The van der Waals surface area contributed by atoms with Crippen molar-refractivity contribution in [3.63, 3.8) is 0 Å². The fraction of sp³-hybridized carbons (Fsp3) is 0.231. The monoisotopic (exact) mass is 265 g/mol. The van der Waals surface area contributed by atoms with Crippen LogP contribution in [-0.2, 0) is 4.79 Å². The quantitative estimate of drug-likeness (QED) is 0.924. The second-order valence-electron chi connectivity index (χ2n) is 4.24. The number of rotatable bonds is 4. The molecule has 0 unspecified atom stereocenters. The van der Waals surface area contributed by atoms with Crippen LogP contribution in [0.5, 0.6) is 0 Å². The smallest absolute Gasteiger partial charge is 0.226 e. The third kappa shape index (κ3) is 3.37. The van der Waals surface area contributed by atoms with E-state index in [2.05, 4.69) is 10.3 Å². The SMILES string of the molecule is C[C@H](CC(=O)Nc1ccc(F)c(F)c1)n1ccnc1. The van der Waals surface area contributed by atoms with Crippen LogP contribution in [0.4, 0.5) is 14.5 Å². The Morgan fingerprint density at radius 2 is 2.21 bits per heavy atom. The van der Waals surface area contributed by atoms with Crippen molar-refractivity contribution in [2.75, 3.05) is 5.32 Å². The summed E-state index contributed by atoms with van der Waals surface area (Å²) >= 11 is 0. The summed E-state index contributed by atoms with van der Waals surface area (Å²) in [5.74, 6) is -2.20. The highest BCUT2D eigenvalue weighted by Gasteiger charge is 2.11. The summed E-state index contributed by atoms with van der Waals surface area (Å²) in [7, 11) is 0. The van der Waals surface area contributed by atoms with Crippen molar-refractivity contribution in [3.8, 4) is 0 Å². The Morgan fingerprint density at radius 3 is 2.84 bits per heavy atom. The van der Waals surface area contributed by atoms with E-state index in [-0.39, 0.29) is 24.1 Å². The van der Waals surface area contributed by atoms with E-state index in [9.17, 15) is 13.6 Å². The fourth-order valence-electron chi connectivity index (χ4n) is 1.69. The molecule has 6 heteroatoms. The van der Waals surface area contributed by atoms with Gasteiger partial charge in [-0.25, -0.2) is 13.8 Å². The second-order valence-corrected chi connectivity index (χ2v) is 4.24. The Kier molecular flexibility index (Phi) is 3.89. The van der Waals surface area contributed by atoms with E-state index < -0.39 is 11.6 Å². The minimum Gasteiger partial charge on any atom is -0.334 e. The van der Waals surface area contributed by atoms with Gasteiger partial charge in [-0.1, -0.05) is 0 Å². The lowest BCUT2D eigenvalue weighted by atomic mass is 10.2. The molecular weight excluding hydrogens is 252 g/mol. The van der Waals surface area contributed by atoms with E-state index in [1.807, 2.05) is 6.92 Å². The van der Waals surface area contributed by atoms with E-state index in [1.165, 1.54) is 6.07 Å². The van der Waals surface area contributed by atoms with Crippen LogP contribution < -0.4 is 5.32 Å². The first-order chi connectivity index (χ1) is 9.06. The normalized spacial score (nSPS) is 12.2. The fourth-order valence-corrected chi connectivity index (χ4v) is 1.69. The molecule has 1 atom stereocenters. The first kappa shape index (κ1) is 13.2. The van der Waals surface area contributed by atoms with Crippen molar-refractivity contribution < 1.29 is 13.6 Å². The highest BCUT2D eigenvalue weighted by Crippen LogP contribution is 2.15. The summed E-state index contributed by atoms with van der Waals surface area (Å²) in [5.41, 5.74) is 0.238. The van der Waals surface area contributed by atoms with E-state index in [0.29, 0.717) is 0 Å². The van der Waals surface area contributed by atoms with Gasteiger partial charge in [-0.05, 0) is 19.1 Å². The Hall–Kier alpha value is -2.24. The lowest BCUT2D eigenvalue weighted by Gasteiger charge is -2.12. The van der Waals surface area contributed by atoms with Gasteiger partial charge >= 0.3 is 0 Å². The molecule has 2 rings (SSSR count). The first-order valence-electron chi connectivity index (χ1n) is 5.78. The predicted molar refractivity (Wildman–Crippen MR) is 66.5 cm³/mol. The largest absolute Gasteiger partial charge is 0.334 e. The van der Waals surface area contributed by atoms with Crippen LogP contribution in [0.25, 0.3) is 0 Å². The molecule has 0 bridgehead atoms. The van der Waals surface area contributed by atoms with E-state index >= 15 is 0 Å². The van der Waals surface area contributed by atoms with Crippen molar-refractivity contribution >= 4 is 11.6 Å². The number of amides is 1. The number of nitrogens with one attached hydrogen (secondary N) is 1. The molecule has 1 N–H and O–H groups in total. The average molecular weight is 265 g/mol. The van der Waals surface area contributed by atoms with Crippen LogP contribution in [0.2, 0.25) is 0 Å². The van der Waals surface area contributed by atoms with Crippen molar-refractivity contribution in [1.82, 2.24) is 9.55 Å². The molecule has 19 heavy (non-hydrogen) atoms. The molecule has 0 fully saturated rings. The number of carbonyl (C=O) groups is 1. The van der Waals surface area contributed by atoms with Gasteiger partial charge in [0.15, 0.2) is 11.6 Å². The zero-order valence-electron chi connectivity index (χ0n) is 10.3. The molecule has 0 aliphatic carbocycles. The molecule has 0 aliphatic heterocycles. The van der Waals surface area contributed by atoms with Crippen molar-refractivity contribution in [3.05, 3.63) is 48.6 Å². The summed E-state index contributed by atoms with van der Waals surface area (Å²) in [6, 6.07) is 3.19. The summed E-state index contributed by atoms with van der Waals surface area (Å²) < 4.78 is 27.5. The number of imidazole rings is 1. The minimum atomic E-state index is -0.986. The third-order valence-electron chi connectivity index (χ3n) is 2.72. The Morgan fingerprint density at radius 1 is 1.42 bits per heavy atom. The number of anilines is 1. The Bertz CT molecular complexity index is 569. The molecule has 0 saturated carbocycles. The molecule has 0 spiro atoms. The standard InChI is InChI=1S/C13H13F2N3O/c1-9(18-5-4-16-8-18)6-13(19)17-10-2-3-11(14)12(15)7-10/h2-5,7-9H,6H2,1H3,(H,17,19)/t9-/m1/s1. The summed E-state index contributed by atoms with van der Waals surface area (Å²) in [6.07, 6.45) is 5.23. The molecule has 2 aromatic rings. The van der Waals surface area contributed by atoms with E-state index in [4.69, 9.17) is 0 Å². The number of aromatic nitrogens is 2. The zero-order chi connectivity index (χ0) is 13.8. The summed E-state index contributed by atoms with van der Waals surface area (Å²) in [4.78, 5) is 15.6. The number of hydrogen-bond acceptors (Lipinski definition) is 2. The first-order valence-corrected chi connectivity index (χ1v) is 5.78. The number of carbonyl (C=O) groups excluding carboxylic acids is 1. The van der Waals surface area contributed by atoms with Gasteiger partial charge in [0.1, 0.15) is 0 Å². The summed E-state index contributed by atoms with van der Waals surface area (Å²) in [6.45, 7) is 1.87. The highest BCUT2D eigenvalue weighted by molar-refractivity contribution is 5.90. The minimum absolute atomic E-state index is 0.0622. The van der Waals surface area contributed by atoms with Crippen LogP contribution in [0.15, 0.2) is 36.9 Å². The van der Waals surface area contributed by atoms with E-state index in [0.717, 1.165) is 12.1 Å². The molecule has 100 valence electrons. The number of halogens is 2. The molecule has 1 aromatic heterocycles. The molecule has 0 aliphatic rings. The average Bonchev–Trinajstić information content (AvgIpc) is 2.87. The predicted octanol–water partition coefficient (Wildman–Crippen LogP) is 2.75. The van der Waals surface area contributed by atoms with Crippen LogP contribution in [0.3, 0.4) is 0 Å². The van der Waals surface area contributed by atoms with Gasteiger partial charge in [-0.15, -0.1) is 0 Å². The van der Waals surface area contributed by atoms with Gasteiger partial charge in [-0.3, -0.25) is 4.79 Å². The summed E-state index contributed by atoms with van der Waals surface area (Å²) in [5, 5.41) is 2.52. The number of hydrogen-bond donors (Lipinski definition) is 1. The Balaban J connectivity index is 1.95. The number of benzene rings is 1. The van der Waals surface area contributed by atoms with Crippen LogP contribution >= 0.6 is 0 Å². The lowest BCUT2D eigenvalue weighted by Crippen LogP contribution is -2.17. The van der Waals surface area contributed by atoms with Crippen LogP contribution in [0, 0.1) is 11.6 Å². The van der Waals surface area contributed by atoms with E-state index in [1.54, 1.807) is 23.3 Å². The van der Waals surface area contributed by atoms with Crippen molar-refractivity contribution in [1.29, 1.82) is 0 Å². The van der Waals surface area contributed by atoms with Gasteiger partial charge in [0.25, 0.3) is 0 Å². The maximum Gasteiger partial charge on any atom is 0.226 e. The zero-order valence-corrected chi connectivity index (χ0v) is 10.3. The van der Waals surface area contributed by atoms with Crippen molar-refractivity contribution in [2.45, 2.75) is 19.4 Å². The molecule has 0 saturated heterocycles. The number of nitrogens with zero attached hydrogens (tertiary/aromatic N) is 2. The van der Waals surface area contributed by atoms with Gasteiger partial charge in [0, 0.05) is 36.6 Å². The van der Waals surface area contributed by atoms with Gasteiger partial charge in [-0.2, -0.15) is 0 Å². The third-order valence-corrected chi connectivity index (χ3v) is 2.72. The molecule has 1 heterocycles. The molecule has 4 nitrogen and oxygen atoms in total. The van der Waals surface area contributed by atoms with Crippen LogP contribution in [0.1, 0.15) is 19.4 Å². The van der Waals surface area contributed by atoms with Gasteiger partial charge < -0.3 is 9.88 Å². The molecular formula is C13H13F2N3O. The maximum atomic E-state index is 13.0. The van der Waals surface area contributed by atoms with Crippen molar-refractivity contribution in [2.24, 2.45) is 0 Å². The van der Waals surface area contributed by atoms with Crippen LogP contribution in [-0.4, -0.2) is 15.5 Å². The van der Waals surface area contributed by atoms with Gasteiger partial charge in [0.2, 0.25) is 5.91 Å². The Labute approximate surface area is 109 Å². The molecule has 0 radical (unpaired) electrons.